The van der Waals surface area contributed by atoms with Gasteiger partial charge in [0, 0.05) is 10.2 Å². The van der Waals surface area contributed by atoms with Crippen molar-refractivity contribution in [2.75, 3.05) is 0 Å². The molecular formula is C12H9BrF2N4O2. The quantitative estimate of drug-likeness (QED) is 0.289. The number of ether oxygens (including phenoxy) is 1. The van der Waals surface area contributed by atoms with E-state index >= 15 is 0 Å². The molecule has 3 N–H and O–H groups in total. The molecular weight excluding hydrogens is 350 g/mol. The lowest BCUT2D eigenvalue weighted by Gasteiger charge is -2.08. The van der Waals surface area contributed by atoms with E-state index in [9.17, 15) is 8.78 Å². The van der Waals surface area contributed by atoms with Crippen LogP contribution in [-0.4, -0.2) is 21.0 Å². The van der Waals surface area contributed by atoms with Crippen LogP contribution in [0.15, 0.2) is 27.8 Å². The molecule has 2 aromatic rings. The van der Waals surface area contributed by atoms with Crippen LogP contribution < -0.4 is 10.5 Å². The molecule has 6 nitrogen and oxygen atoms in total. The van der Waals surface area contributed by atoms with Crippen LogP contribution in [0.2, 0.25) is 0 Å². The van der Waals surface area contributed by atoms with E-state index in [1.54, 1.807) is 6.92 Å². The standard InChI is InChI=1S/C12H9BrF2N4O2/c1-5-2-8(11(16)19-20)18-12(17-5)21-9-4-6(13)3-7(14)10(9)15/h2-4,20H,1H3,(H2,16,19). The van der Waals surface area contributed by atoms with Crippen LogP contribution >= 0.6 is 15.9 Å². The van der Waals surface area contributed by atoms with Crippen molar-refractivity contribution in [3.05, 3.63) is 45.7 Å². The van der Waals surface area contributed by atoms with Crippen molar-refractivity contribution >= 4 is 21.8 Å². The zero-order valence-electron chi connectivity index (χ0n) is 10.6. The molecule has 0 bridgehead atoms. The number of halogens is 3. The number of nitrogens with two attached hydrogens (primary N) is 1. The molecule has 0 amide bonds. The van der Waals surface area contributed by atoms with Gasteiger partial charge in [-0.1, -0.05) is 21.1 Å². The minimum absolute atomic E-state index is 0.0934. The summed E-state index contributed by atoms with van der Waals surface area (Å²) in [6, 6.07) is 3.38. The first-order valence-electron chi connectivity index (χ1n) is 5.56. The van der Waals surface area contributed by atoms with E-state index in [-0.39, 0.29) is 17.5 Å². The lowest BCUT2D eigenvalue weighted by molar-refractivity contribution is 0.318. The fourth-order valence-electron chi connectivity index (χ4n) is 1.47. The highest BCUT2D eigenvalue weighted by atomic mass is 79.9. The van der Waals surface area contributed by atoms with Gasteiger partial charge in [0.1, 0.15) is 5.69 Å². The Hall–Kier alpha value is -2.29. The third-order valence-corrected chi connectivity index (χ3v) is 2.82. The molecule has 0 radical (unpaired) electrons. The summed E-state index contributed by atoms with van der Waals surface area (Å²) in [5.41, 5.74) is 5.95. The third kappa shape index (κ3) is 3.43. The van der Waals surface area contributed by atoms with E-state index in [2.05, 4.69) is 31.1 Å². The largest absolute Gasteiger partial charge is 0.421 e. The maximum absolute atomic E-state index is 13.6. The van der Waals surface area contributed by atoms with Crippen LogP contribution in [0, 0.1) is 18.6 Å². The third-order valence-electron chi connectivity index (χ3n) is 2.36. The molecule has 0 saturated heterocycles. The molecule has 0 unspecified atom stereocenters. The lowest BCUT2D eigenvalue weighted by atomic mass is 10.3. The molecule has 110 valence electrons. The summed E-state index contributed by atoms with van der Waals surface area (Å²) in [7, 11) is 0. The monoisotopic (exact) mass is 358 g/mol. The maximum Gasteiger partial charge on any atom is 0.322 e. The summed E-state index contributed by atoms with van der Waals surface area (Å²) in [5, 5.41) is 11.4. The van der Waals surface area contributed by atoms with Gasteiger partial charge in [-0.2, -0.15) is 9.37 Å². The maximum atomic E-state index is 13.6. The molecule has 0 saturated carbocycles. The average Bonchev–Trinajstić information content (AvgIpc) is 2.42. The molecule has 0 fully saturated rings. The topological polar surface area (TPSA) is 93.6 Å². The van der Waals surface area contributed by atoms with Crippen molar-refractivity contribution in [2.45, 2.75) is 6.92 Å². The van der Waals surface area contributed by atoms with Crippen molar-refractivity contribution in [3.63, 3.8) is 0 Å². The number of hydrogen-bond donors (Lipinski definition) is 2. The van der Waals surface area contributed by atoms with Crippen LogP contribution in [0.25, 0.3) is 0 Å². The highest BCUT2D eigenvalue weighted by Crippen LogP contribution is 2.28. The van der Waals surface area contributed by atoms with Gasteiger partial charge in [0.2, 0.25) is 5.82 Å². The highest BCUT2D eigenvalue weighted by molar-refractivity contribution is 9.10. The number of oxime groups is 1. The Balaban J connectivity index is 2.43. The minimum atomic E-state index is -1.17. The second-order valence-corrected chi connectivity index (χ2v) is 4.88. The molecule has 0 aliphatic heterocycles. The molecule has 1 aromatic heterocycles. The van der Waals surface area contributed by atoms with Crippen LogP contribution in [0.1, 0.15) is 11.4 Å². The van der Waals surface area contributed by atoms with E-state index in [0.717, 1.165) is 6.07 Å². The number of rotatable bonds is 3. The number of benzene rings is 1. The summed E-state index contributed by atoms with van der Waals surface area (Å²) in [4.78, 5) is 7.76. The van der Waals surface area contributed by atoms with E-state index in [0.29, 0.717) is 10.2 Å². The summed E-state index contributed by atoms with van der Waals surface area (Å²) in [6.45, 7) is 1.61. The second-order valence-electron chi connectivity index (χ2n) is 3.96. The molecule has 9 heteroatoms. The fraction of sp³-hybridized carbons (Fsp3) is 0.0833. The van der Waals surface area contributed by atoms with Crippen molar-refractivity contribution in [3.8, 4) is 11.8 Å². The van der Waals surface area contributed by atoms with Gasteiger partial charge in [0.15, 0.2) is 17.4 Å². The van der Waals surface area contributed by atoms with Gasteiger partial charge in [-0.15, -0.1) is 0 Å². The van der Waals surface area contributed by atoms with Gasteiger partial charge in [-0.05, 0) is 25.1 Å². The Morgan fingerprint density at radius 3 is 2.71 bits per heavy atom. The molecule has 2 rings (SSSR count). The first kappa shape index (κ1) is 15.1. The van der Waals surface area contributed by atoms with Crippen LogP contribution in [0.4, 0.5) is 8.78 Å². The average molecular weight is 359 g/mol. The van der Waals surface area contributed by atoms with Crippen molar-refractivity contribution in [1.29, 1.82) is 0 Å². The summed E-state index contributed by atoms with van der Waals surface area (Å²) < 4.78 is 32.3. The SMILES string of the molecule is Cc1cc(/C(N)=N/O)nc(Oc2cc(Br)cc(F)c2F)n1. The zero-order chi connectivity index (χ0) is 15.6. The Kier molecular flexibility index (Phi) is 4.32. The zero-order valence-corrected chi connectivity index (χ0v) is 12.2. The molecule has 1 heterocycles. The number of aromatic nitrogens is 2. The highest BCUT2D eigenvalue weighted by Gasteiger charge is 2.15. The van der Waals surface area contributed by atoms with Gasteiger partial charge in [-0.3, -0.25) is 0 Å². The minimum Gasteiger partial charge on any atom is -0.421 e. The molecule has 1 aromatic carbocycles. The number of hydrogen-bond acceptors (Lipinski definition) is 5. The van der Waals surface area contributed by atoms with Gasteiger partial charge < -0.3 is 15.7 Å². The second kappa shape index (κ2) is 6.00. The van der Waals surface area contributed by atoms with Crippen molar-refractivity contribution < 1.29 is 18.7 Å². The van der Waals surface area contributed by atoms with E-state index in [1.165, 1.54) is 12.1 Å². The molecule has 0 aliphatic carbocycles. The number of aryl methyl sites for hydroxylation is 1. The van der Waals surface area contributed by atoms with Crippen LogP contribution in [0.3, 0.4) is 0 Å². The van der Waals surface area contributed by atoms with E-state index < -0.39 is 17.4 Å². The lowest BCUT2D eigenvalue weighted by Crippen LogP contribution is -2.16. The predicted octanol–water partition coefficient (Wildman–Crippen LogP) is 2.71. The molecule has 0 atom stereocenters. The van der Waals surface area contributed by atoms with E-state index in [1.807, 2.05) is 0 Å². The van der Waals surface area contributed by atoms with Gasteiger partial charge in [-0.25, -0.2) is 9.37 Å². The number of amidine groups is 1. The Labute approximate surface area is 126 Å². The Bertz CT molecular complexity index is 725. The molecule has 0 spiro atoms. The first-order valence-corrected chi connectivity index (χ1v) is 6.36. The smallest absolute Gasteiger partial charge is 0.322 e. The summed E-state index contributed by atoms with van der Waals surface area (Å²) in [5.74, 6) is -2.90. The van der Waals surface area contributed by atoms with E-state index in [4.69, 9.17) is 15.7 Å². The van der Waals surface area contributed by atoms with Gasteiger partial charge in [0.05, 0.1) is 0 Å². The normalized spacial score (nSPS) is 11.5. The van der Waals surface area contributed by atoms with Gasteiger partial charge >= 0.3 is 6.01 Å². The fourth-order valence-corrected chi connectivity index (χ4v) is 1.88. The molecule has 21 heavy (non-hydrogen) atoms. The van der Waals surface area contributed by atoms with Crippen molar-refractivity contribution in [2.24, 2.45) is 10.9 Å². The van der Waals surface area contributed by atoms with Crippen molar-refractivity contribution in [1.82, 2.24) is 9.97 Å². The Morgan fingerprint density at radius 1 is 1.33 bits per heavy atom. The van der Waals surface area contributed by atoms with Gasteiger partial charge in [0.25, 0.3) is 0 Å². The number of nitrogens with zero attached hydrogens (tertiary/aromatic N) is 3. The van der Waals surface area contributed by atoms with Crippen LogP contribution in [-0.2, 0) is 0 Å². The summed E-state index contributed by atoms with van der Waals surface area (Å²) >= 11 is 3.02. The molecule has 0 aliphatic rings. The predicted molar refractivity (Wildman–Crippen MR) is 73.4 cm³/mol. The Morgan fingerprint density at radius 2 is 2.05 bits per heavy atom. The summed E-state index contributed by atoms with van der Waals surface area (Å²) in [6.07, 6.45) is 0. The first-order chi connectivity index (χ1) is 9.90. The van der Waals surface area contributed by atoms with Crippen LogP contribution in [0.5, 0.6) is 11.8 Å².